The molecule has 0 spiro atoms. The van der Waals surface area contributed by atoms with Gasteiger partial charge >= 0.3 is 0 Å². The summed E-state index contributed by atoms with van der Waals surface area (Å²) in [6.45, 7) is 8.73. The summed E-state index contributed by atoms with van der Waals surface area (Å²) >= 11 is 0. The Labute approximate surface area is 75.2 Å². The fraction of sp³-hybridized carbons (Fsp3) is 1.00. The average Bonchev–Trinajstić information content (AvgIpc) is 2.36. The van der Waals surface area contributed by atoms with E-state index in [-0.39, 0.29) is 10.8 Å². The van der Waals surface area contributed by atoms with E-state index in [1.54, 1.807) is 0 Å². The first kappa shape index (κ1) is 8.55. The van der Waals surface area contributed by atoms with Gasteiger partial charge in [0.05, 0.1) is 5.60 Å². The summed E-state index contributed by atoms with van der Waals surface area (Å²) < 4.78 is 0. The second-order valence-corrected chi connectivity index (χ2v) is 5.79. The van der Waals surface area contributed by atoms with Crippen LogP contribution in [0.4, 0.5) is 0 Å². The standard InChI is InChI=1S/C11H20O/c1-9(2)8-5-6-10(3,7-8)11(9,4)12/h8,12H,5-7H2,1-4H3/t8-,10+,11-/m0/s1. The molecule has 0 saturated heterocycles. The quantitative estimate of drug-likeness (QED) is 0.589. The second-order valence-electron chi connectivity index (χ2n) is 5.79. The van der Waals surface area contributed by atoms with Crippen molar-refractivity contribution in [2.24, 2.45) is 16.7 Å². The Bertz CT molecular complexity index is 210. The van der Waals surface area contributed by atoms with Crippen LogP contribution in [-0.4, -0.2) is 10.7 Å². The first-order valence-electron chi connectivity index (χ1n) is 5.04. The Kier molecular flexibility index (Phi) is 1.35. The summed E-state index contributed by atoms with van der Waals surface area (Å²) in [6.07, 6.45) is 3.76. The van der Waals surface area contributed by atoms with E-state index < -0.39 is 5.60 Å². The van der Waals surface area contributed by atoms with Crippen LogP contribution in [0.25, 0.3) is 0 Å². The molecule has 0 aromatic carbocycles. The van der Waals surface area contributed by atoms with Crippen LogP contribution in [0.2, 0.25) is 0 Å². The maximum absolute atomic E-state index is 10.5. The minimum Gasteiger partial charge on any atom is -0.389 e. The van der Waals surface area contributed by atoms with Crippen LogP contribution in [-0.2, 0) is 0 Å². The van der Waals surface area contributed by atoms with Gasteiger partial charge in [0.2, 0.25) is 0 Å². The molecule has 2 rings (SSSR count). The van der Waals surface area contributed by atoms with Gasteiger partial charge in [-0.25, -0.2) is 0 Å². The van der Waals surface area contributed by atoms with E-state index in [0.29, 0.717) is 0 Å². The molecule has 2 aliphatic rings. The van der Waals surface area contributed by atoms with Gasteiger partial charge in [0.1, 0.15) is 0 Å². The monoisotopic (exact) mass is 168 g/mol. The maximum atomic E-state index is 10.5. The molecule has 2 bridgehead atoms. The van der Waals surface area contributed by atoms with Gasteiger partial charge in [-0.3, -0.25) is 0 Å². The van der Waals surface area contributed by atoms with Crippen LogP contribution in [0.3, 0.4) is 0 Å². The van der Waals surface area contributed by atoms with Crippen LogP contribution in [0, 0.1) is 16.7 Å². The highest BCUT2D eigenvalue weighted by Gasteiger charge is 2.65. The van der Waals surface area contributed by atoms with E-state index >= 15 is 0 Å². The predicted octanol–water partition coefficient (Wildman–Crippen LogP) is 2.58. The summed E-state index contributed by atoms with van der Waals surface area (Å²) in [6, 6.07) is 0. The number of hydrogen-bond donors (Lipinski definition) is 1. The molecule has 0 aromatic heterocycles. The van der Waals surface area contributed by atoms with E-state index in [9.17, 15) is 5.11 Å². The van der Waals surface area contributed by atoms with Crippen molar-refractivity contribution in [3.8, 4) is 0 Å². The third-order valence-electron chi connectivity index (χ3n) is 5.19. The van der Waals surface area contributed by atoms with Crippen molar-refractivity contribution < 1.29 is 5.11 Å². The SMILES string of the molecule is CC1(C)[C@H]2CC[C@](C)(C2)[C@@]1(C)O. The highest BCUT2D eigenvalue weighted by molar-refractivity contribution is 5.15. The van der Waals surface area contributed by atoms with Crippen molar-refractivity contribution >= 4 is 0 Å². The van der Waals surface area contributed by atoms with Gasteiger partial charge in [-0.2, -0.15) is 0 Å². The molecule has 12 heavy (non-hydrogen) atoms. The van der Waals surface area contributed by atoms with Crippen molar-refractivity contribution in [1.82, 2.24) is 0 Å². The third kappa shape index (κ3) is 0.654. The zero-order valence-electron chi connectivity index (χ0n) is 8.65. The number of rotatable bonds is 0. The molecular weight excluding hydrogens is 148 g/mol. The lowest BCUT2D eigenvalue weighted by atomic mass is 9.61. The van der Waals surface area contributed by atoms with E-state index in [4.69, 9.17) is 0 Å². The number of fused-ring (bicyclic) bond motifs is 2. The first-order chi connectivity index (χ1) is 5.31. The molecule has 3 atom stereocenters. The molecule has 1 heteroatoms. The second kappa shape index (κ2) is 1.89. The molecule has 0 radical (unpaired) electrons. The van der Waals surface area contributed by atoms with Crippen molar-refractivity contribution in [2.75, 3.05) is 0 Å². The van der Waals surface area contributed by atoms with Gasteiger partial charge in [0.25, 0.3) is 0 Å². The van der Waals surface area contributed by atoms with Crippen molar-refractivity contribution in [1.29, 1.82) is 0 Å². The highest BCUT2D eigenvalue weighted by atomic mass is 16.3. The van der Waals surface area contributed by atoms with Gasteiger partial charge in [-0.1, -0.05) is 20.8 Å². The van der Waals surface area contributed by atoms with Crippen molar-refractivity contribution in [3.63, 3.8) is 0 Å². The van der Waals surface area contributed by atoms with E-state index in [2.05, 4.69) is 20.8 Å². The molecule has 0 amide bonds. The smallest absolute Gasteiger partial charge is 0.0726 e. The van der Waals surface area contributed by atoms with Crippen LogP contribution >= 0.6 is 0 Å². The fourth-order valence-electron chi connectivity index (χ4n) is 3.47. The molecule has 0 unspecified atom stereocenters. The number of aliphatic hydroxyl groups is 1. The molecule has 0 heterocycles. The summed E-state index contributed by atoms with van der Waals surface area (Å²) in [7, 11) is 0. The molecule has 0 aromatic rings. The largest absolute Gasteiger partial charge is 0.389 e. The third-order valence-corrected chi connectivity index (χ3v) is 5.19. The van der Waals surface area contributed by atoms with Gasteiger partial charge in [-0.05, 0) is 42.9 Å². The predicted molar refractivity (Wildman–Crippen MR) is 49.9 cm³/mol. The molecule has 0 aliphatic heterocycles. The fourth-order valence-corrected chi connectivity index (χ4v) is 3.47. The van der Waals surface area contributed by atoms with Gasteiger partial charge in [0.15, 0.2) is 0 Å². The van der Waals surface area contributed by atoms with Crippen molar-refractivity contribution in [3.05, 3.63) is 0 Å². The Hall–Kier alpha value is -0.0400. The molecule has 2 saturated carbocycles. The highest BCUT2D eigenvalue weighted by Crippen LogP contribution is 2.67. The van der Waals surface area contributed by atoms with Gasteiger partial charge < -0.3 is 5.11 Å². The minimum absolute atomic E-state index is 0.125. The van der Waals surface area contributed by atoms with Crippen LogP contribution in [0.5, 0.6) is 0 Å². The first-order valence-corrected chi connectivity index (χ1v) is 5.04. The van der Waals surface area contributed by atoms with Crippen LogP contribution in [0.15, 0.2) is 0 Å². The molecule has 1 nitrogen and oxygen atoms in total. The van der Waals surface area contributed by atoms with Crippen LogP contribution < -0.4 is 0 Å². The summed E-state index contributed by atoms with van der Waals surface area (Å²) in [5.74, 6) is 0.748. The zero-order chi connectivity index (χ0) is 9.20. The minimum atomic E-state index is -0.455. The molecule has 70 valence electrons. The zero-order valence-corrected chi connectivity index (χ0v) is 8.65. The molecule has 2 aliphatic carbocycles. The average molecular weight is 168 g/mol. The molecule has 2 fully saturated rings. The van der Waals surface area contributed by atoms with E-state index in [0.717, 1.165) is 5.92 Å². The number of hydrogen-bond acceptors (Lipinski definition) is 1. The van der Waals surface area contributed by atoms with Crippen molar-refractivity contribution in [2.45, 2.75) is 52.6 Å². The van der Waals surface area contributed by atoms with Gasteiger partial charge in [-0.15, -0.1) is 0 Å². The van der Waals surface area contributed by atoms with Crippen LogP contribution in [0.1, 0.15) is 47.0 Å². The maximum Gasteiger partial charge on any atom is 0.0726 e. The lowest BCUT2D eigenvalue weighted by Gasteiger charge is -2.48. The lowest BCUT2D eigenvalue weighted by Crippen LogP contribution is -2.51. The lowest BCUT2D eigenvalue weighted by molar-refractivity contribution is -0.128. The molecular formula is C11H20O. The van der Waals surface area contributed by atoms with E-state index in [1.807, 2.05) is 6.92 Å². The topological polar surface area (TPSA) is 20.2 Å². The Morgan fingerprint density at radius 2 is 1.75 bits per heavy atom. The molecule has 1 N–H and O–H groups in total. The Balaban J connectivity index is 2.46. The summed E-state index contributed by atoms with van der Waals surface area (Å²) in [5, 5.41) is 10.5. The Morgan fingerprint density at radius 3 is 2.00 bits per heavy atom. The Morgan fingerprint density at radius 1 is 1.17 bits per heavy atom. The van der Waals surface area contributed by atoms with Gasteiger partial charge in [0, 0.05) is 0 Å². The van der Waals surface area contributed by atoms with E-state index in [1.165, 1.54) is 19.3 Å². The summed E-state index contributed by atoms with van der Waals surface area (Å²) in [4.78, 5) is 0. The normalized spacial score (nSPS) is 56.2. The summed E-state index contributed by atoms with van der Waals surface area (Å²) in [5.41, 5.74) is -0.135.